The Morgan fingerprint density at radius 3 is 1.73 bits per heavy atom. The van der Waals surface area contributed by atoms with Gasteiger partial charge in [0.2, 0.25) is 0 Å². The van der Waals surface area contributed by atoms with Gasteiger partial charge >= 0.3 is 0 Å². The molecule has 1 aliphatic carbocycles. The van der Waals surface area contributed by atoms with Crippen molar-refractivity contribution in [3.63, 3.8) is 0 Å². The molecule has 0 spiro atoms. The number of para-hydroxylation sites is 4. The fourth-order valence-corrected chi connectivity index (χ4v) is 6.45. The van der Waals surface area contributed by atoms with E-state index in [2.05, 4.69) is 106 Å². The van der Waals surface area contributed by atoms with Crippen LogP contribution in [0.2, 0.25) is 0 Å². The van der Waals surface area contributed by atoms with E-state index in [1.165, 1.54) is 32.7 Å². The maximum Gasteiger partial charge on any atom is 0.151 e. The molecule has 4 nitrogen and oxygen atoms in total. The Bertz CT molecular complexity index is 2090. The number of rotatable bonds is 2. The van der Waals surface area contributed by atoms with Crippen LogP contribution in [0.1, 0.15) is 0 Å². The van der Waals surface area contributed by atoms with Gasteiger partial charge in [-0.25, -0.2) is 0 Å². The molecule has 7 aromatic rings. The first kappa shape index (κ1) is 21.5. The summed E-state index contributed by atoms with van der Waals surface area (Å²) in [5.74, 6) is 1.70. The molecule has 0 atom stereocenters. The summed E-state index contributed by atoms with van der Waals surface area (Å²) in [4.78, 5) is 11.7. The van der Waals surface area contributed by atoms with E-state index in [9.17, 15) is 0 Å². The van der Waals surface area contributed by atoms with E-state index in [4.69, 9.17) is 4.74 Å². The highest BCUT2D eigenvalue weighted by Gasteiger charge is 2.28. The molecule has 0 unspecified atom stereocenters. The fourth-order valence-electron chi connectivity index (χ4n) is 6.45. The molecular weight excluding hydrogens is 490 g/mol. The van der Waals surface area contributed by atoms with Crippen molar-refractivity contribution in [2.24, 2.45) is 0 Å². The van der Waals surface area contributed by atoms with Gasteiger partial charge in [-0.1, -0.05) is 84.9 Å². The number of aromatic nitrogens is 2. The van der Waals surface area contributed by atoms with E-state index >= 15 is 0 Å². The van der Waals surface area contributed by atoms with E-state index < -0.39 is 0 Å². The smallest absolute Gasteiger partial charge is 0.151 e. The molecule has 9 rings (SSSR count). The molecule has 0 radical (unpaired) electrons. The Hall–Kier alpha value is -5.48. The van der Waals surface area contributed by atoms with Crippen molar-refractivity contribution in [2.75, 3.05) is 4.90 Å². The number of anilines is 3. The first-order chi connectivity index (χ1) is 19.9. The minimum absolute atomic E-state index is 0.851. The molecule has 186 valence electrons. The van der Waals surface area contributed by atoms with Gasteiger partial charge < -0.3 is 9.64 Å². The number of benzene rings is 6. The van der Waals surface area contributed by atoms with Crippen molar-refractivity contribution in [1.29, 1.82) is 0 Å². The third-order valence-corrected chi connectivity index (χ3v) is 8.11. The molecule has 0 saturated heterocycles. The van der Waals surface area contributed by atoms with Gasteiger partial charge in [-0.15, -0.1) is 0 Å². The number of fused-ring (bicyclic) bond motifs is 6. The van der Waals surface area contributed by atoms with Crippen molar-refractivity contribution in [2.45, 2.75) is 0 Å². The third-order valence-electron chi connectivity index (χ3n) is 8.11. The monoisotopic (exact) mass is 511 g/mol. The van der Waals surface area contributed by atoms with E-state index in [-0.39, 0.29) is 0 Å². The van der Waals surface area contributed by atoms with Gasteiger partial charge in [-0.3, -0.25) is 9.97 Å². The van der Waals surface area contributed by atoms with Crippen LogP contribution in [0.15, 0.2) is 128 Å². The molecule has 0 amide bonds. The summed E-state index contributed by atoms with van der Waals surface area (Å²) >= 11 is 0. The van der Waals surface area contributed by atoms with Crippen LogP contribution in [0, 0.1) is 0 Å². The first-order valence-corrected chi connectivity index (χ1v) is 13.4. The van der Waals surface area contributed by atoms with Crippen molar-refractivity contribution in [3.05, 3.63) is 128 Å². The summed E-state index contributed by atoms with van der Waals surface area (Å²) in [6.45, 7) is 0. The fraction of sp³-hybridized carbons (Fsp3) is 0. The van der Waals surface area contributed by atoms with Crippen LogP contribution in [0.4, 0.5) is 17.1 Å². The second kappa shape index (κ2) is 8.01. The Morgan fingerprint density at radius 2 is 0.975 bits per heavy atom. The Balaban J connectivity index is 1.30. The third kappa shape index (κ3) is 2.85. The zero-order valence-corrected chi connectivity index (χ0v) is 21.4. The highest BCUT2D eigenvalue weighted by Crippen LogP contribution is 2.53. The van der Waals surface area contributed by atoms with Gasteiger partial charge in [-0.2, -0.15) is 0 Å². The number of hydrogen-bond acceptors (Lipinski definition) is 4. The number of nitrogens with zero attached hydrogens (tertiary/aromatic N) is 3. The van der Waals surface area contributed by atoms with Crippen molar-refractivity contribution < 1.29 is 4.74 Å². The van der Waals surface area contributed by atoms with Gasteiger partial charge in [0.1, 0.15) is 0 Å². The van der Waals surface area contributed by atoms with Gasteiger partial charge in [0.25, 0.3) is 0 Å². The molecule has 1 aromatic heterocycles. The summed E-state index contributed by atoms with van der Waals surface area (Å²) in [6, 6.07) is 40.6. The topological polar surface area (TPSA) is 38.2 Å². The molecule has 0 saturated carbocycles. The van der Waals surface area contributed by atoms with Crippen LogP contribution < -0.4 is 9.64 Å². The lowest BCUT2D eigenvalue weighted by Crippen LogP contribution is -2.16. The van der Waals surface area contributed by atoms with E-state index in [0.29, 0.717) is 0 Å². The SMILES string of the molecule is c1ccc2c(c1)Oc1ccccc1N2c1ccc(-c2ccc3c4c(cccc24)-c2nccnc2-3)c2ccccc12. The Labute approximate surface area is 230 Å². The van der Waals surface area contributed by atoms with E-state index in [0.717, 1.165) is 51.1 Å². The molecule has 1 aliphatic heterocycles. The maximum absolute atomic E-state index is 6.29. The van der Waals surface area contributed by atoms with E-state index in [1.54, 1.807) is 12.4 Å². The second-order valence-corrected chi connectivity index (χ2v) is 10.2. The highest BCUT2D eigenvalue weighted by molar-refractivity contribution is 6.19. The van der Waals surface area contributed by atoms with Crippen LogP contribution in [-0.2, 0) is 0 Å². The molecule has 0 bridgehead atoms. The molecule has 40 heavy (non-hydrogen) atoms. The van der Waals surface area contributed by atoms with Gasteiger partial charge in [0.15, 0.2) is 11.5 Å². The van der Waals surface area contributed by atoms with Crippen molar-refractivity contribution >= 4 is 38.6 Å². The molecule has 4 heteroatoms. The summed E-state index contributed by atoms with van der Waals surface area (Å²) in [7, 11) is 0. The molecular formula is C36H21N3O. The molecule has 2 aliphatic rings. The predicted octanol–water partition coefficient (Wildman–Crippen LogP) is 9.67. The summed E-state index contributed by atoms with van der Waals surface area (Å²) in [6.07, 6.45) is 3.55. The lowest BCUT2D eigenvalue weighted by Gasteiger charge is -2.33. The quantitative estimate of drug-likeness (QED) is 0.232. The van der Waals surface area contributed by atoms with Crippen molar-refractivity contribution in [3.8, 4) is 45.1 Å². The van der Waals surface area contributed by atoms with Crippen molar-refractivity contribution in [1.82, 2.24) is 9.97 Å². The first-order valence-electron chi connectivity index (χ1n) is 13.4. The summed E-state index contributed by atoms with van der Waals surface area (Å²) in [5.41, 5.74) is 9.82. The molecule has 6 aromatic carbocycles. The second-order valence-electron chi connectivity index (χ2n) is 10.2. The predicted molar refractivity (Wildman–Crippen MR) is 162 cm³/mol. The average Bonchev–Trinajstić information content (AvgIpc) is 3.35. The average molecular weight is 512 g/mol. The Morgan fingerprint density at radius 1 is 0.425 bits per heavy atom. The van der Waals surface area contributed by atoms with Gasteiger partial charge in [0.05, 0.1) is 28.5 Å². The number of ether oxygens (including phenoxy) is 1. The van der Waals surface area contributed by atoms with Crippen LogP contribution >= 0.6 is 0 Å². The largest absolute Gasteiger partial charge is 0.453 e. The Kier molecular flexibility index (Phi) is 4.30. The zero-order chi connectivity index (χ0) is 26.2. The normalized spacial score (nSPS) is 12.7. The molecule has 2 heterocycles. The van der Waals surface area contributed by atoms with Crippen LogP contribution in [-0.4, -0.2) is 9.97 Å². The number of hydrogen-bond donors (Lipinski definition) is 0. The van der Waals surface area contributed by atoms with Gasteiger partial charge in [0, 0.05) is 34.3 Å². The standard InChI is InChI=1S/C36H21N3O/c1-2-9-25-22(8-1)23(24-16-17-28-34-26(24)10-7-11-27(34)35-36(28)38-21-20-37-35)18-19-29(25)39-30-12-3-5-14-32(30)40-33-15-6-4-13-31(33)39/h1-21H. The maximum atomic E-state index is 6.29. The minimum atomic E-state index is 0.851. The van der Waals surface area contributed by atoms with Crippen LogP contribution in [0.5, 0.6) is 11.5 Å². The minimum Gasteiger partial charge on any atom is -0.453 e. The lowest BCUT2D eigenvalue weighted by atomic mass is 9.91. The summed E-state index contributed by atoms with van der Waals surface area (Å²) < 4.78 is 6.29. The molecule has 0 fully saturated rings. The van der Waals surface area contributed by atoms with Crippen LogP contribution in [0.3, 0.4) is 0 Å². The molecule has 0 N–H and O–H groups in total. The van der Waals surface area contributed by atoms with Gasteiger partial charge in [-0.05, 0) is 52.2 Å². The highest BCUT2D eigenvalue weighted by atomic mass is 16.5. The lowest BCUT2D eigenvalue weighted by molar-refractivity contribution is 0.477. The zero-order valence-electron chi connectivity index (χ0n) is 21.4. The van der Waals surface area contributed by atoms with E-state index in [1.807, 2.05) is 24.3 Å². The summed E-state index contributed by atoms with van der Waals surface area (Å²) in [5, 5.41) is 4.83. The van der Waals surface area contributed by atoms with Crippen LogP contribution in [0.25, 0.3) is 55.2 Å².